The fraction of sp³-hybridized carbons (Fsp3) is 0.545. The molecule has 0 aliphatic rings. The van der Waals surface area contributed by atoms with Gasteiger partial charge in [0, 0.05) is 13.1 Å². The first-order chi connectivity index (χ1) is 8.17. The summed E-state index contributed by atoms with van der Waals surface area (Å²) < 4.78 is 4.57. The number of hydrogen-bond donors (Lipinski definition) is 1. The van der Waals surface area contributed by atoms with Crippen molar-refractivity contribution in [3.8, 4) is 0 Å². The Morgan fingerprint density at radius 3 is 2.94 bits per heavy atom. The summed E-state index contributed by atoms with van der Waals surface area (Å²) in [6, 6.07) is 0. The van der Waals surface area contributed by atoms with Crippen LogP contribution < -0.4 is 5.32 Å². The summed E-state index contributed by atoms with van der Waals surface area (Å²) in [7, 11) is 3.36. The Morgan fingerprint density at radius 1 is 1.53 bits per heavy atom. The third-order valence-electron chi connectivity index (χ3n) is 2.37. The second-order valence-electron chi connectivity index (χ2n) is 3.60. The Balaban J connectivity index is 2.51. The van der Waals surface area contributed by atoms with Gasteiger partial charge in [-0.15, -0.1) is 0 Å². The highest BCUT2D eigenvalue weighted by atomic mass is 16.5. The SMILES string of the molecule is CCN(C)CCNc1cncc(C(=O)OC)n1. The molecule has 1 aromatic rings. The van der Waals surface area contributed by atoms with Gasteiger partial charge in [-0.1, -0.05) is 6.92 Å². The average molecular weight is 238 g/mol. The van der Waals surface area contributed by atoms with E-state index in [4.69, 9.17) is 0 Å². The van der Waals surface area contributed by atoms with Crippen molar-refractivity contribution >= 4 is 11.8 Å². The maximum atomic E-state index is 11.2. The van der Waals surface area contributed by atoms with Gasteiger partial charge in [-0.3, -0.25) is 4.98 Å². The molecule has 0 aliphatic carbocycles. The number of carbonyl (C=O) groups excluding carboxylic acids is 1. The average Bonchev–Trinajstić information content (AvgIpc) is 2.38. The Labute approximate surface area is 101 Å². The van der Waals surface area contributed by atoms with Crippen molar-refractivity contribution < 1.29 is 9.53 Å². The molecule has 1 aromatic heterocycles. The molecule has 0 bridgehead atoms. The van der Waals surface area contributed by atoms with Gasteiger partial charge in [-0.2, -0.15) is 0 Å². The van der Waals surface area contributed by atoms with E-state index in [9.17, 15) is 4.79 Å². The first kappa shape index (κ1) is 13.4. The number of nitrogens with zero attached hydrogens (tertiary/aromatic N) is 3. The molecule has 0 saturated heterocycles. The zero-order valence-corrected chi connectivity index (χ0v) is 10.4. The Morgan fingerprint density at radius 2 is 2.29 bits per heavy atom. The lowest BCUT2D eigenvalue weighted by Gasteiger charge is -2.14. The van der Waals surface area contributed by atoms with Gasteiger partial charge in [-0.05, 0) is 13.6 Å². The molecule has 1 N–H and O–H groups in total. The molecule has 0 radical (unpaired) electrons. The van der Waals surface area contributed by atoms with Crippen LogP contribution in [-0.2, 0) is 4.74 Å². The molecule has 0 spiro atoms. The van der Waals surface area contributed by atoms with Crippen LogP contribution >= 0.6 is 0 Å². The van der Waals surface area contributed by atoms with Gasteiger partial charge in [0.05, 0.1) is 19.5 Å². The highest BCUT2D eigenvalue weighted by Gasteiger charge is 2.08. The van der Waals surface area contributed by atoms with E-state index >= 15 is 0 Å². The molecule has 6 nitrogen and oxygen atoms in total. The van der Waals surface area contributed by atoms with E-state index in [1.165, 1.54) is 13.3 Å². The Kier molecular flexibility index (Phi) is 5.35. The van der Waals surface area contributed by atoms with Crippen molar-refractivity contribution in [1.82, 2.24) is 14.9 Å². The van der Waals surface area contributed by atoms with Crippen LogP contribution in [0.1, 0.15) is 17.4 Å². The minimum atomic E-state index is -0.480. The molecule has 17 heavy (non-hydrogen) atoms. The minimum absolute atomic E-state index is 0.210. The molecule has 0 aromatic carbocycles. The lowest BCUT2D eigenvalue weighted by Crippen LogP contribution is -2.25. The third-order valence-corrected chi connectivity index (χ3v) is 2.37. The standard InChI is InChI=1S/C11H18N4O2/c1-4-15(2)6-5-13-10-8-12-7-9(14-10)11(16)17-3/h7-8H,4-6H2,1-3H3,(H,13,14). The Bertz CT molecular complexity index is 370. The van der Waals surface area contributed by atoms with Crippen molar-refractivity contribution in [3.63, 3.8) is 0 Å². The van der Waals surface area contributed by atoms with Crippen LogP contribution in [0.15, 0.2) is 12.4 Å². The number of aromatic nitrogens is 2. The number of rotatable bonds is 6. The van der Waals surface area contributed by atoms with Gasteiger partial charge in [0.15, 0.2) is 5.69 Å². The van der Waals surface area contributed by atoms with Crippen molar-refractivity contribution in [3.05, 3.63) is 18.1 Å². The smallest absolute Gasteiger partial charge is 0.358 e. The summed E-state index contributed by atoms with van der Waals surface area (Å²) in [6.07, 6.45) is 2.97. The summed E-state index contributed by atoms with van der Waals surface area (Å²) in [6.45, 7) is 4.75. The first-order valence-corrected chi connectivity index (χ1v) is 5.50. The molecule has 6 heteroatoms. The minimum Gasteiger partial charge on any atom is -0.464 e. The van der Waals surface area contributed by atoms with E-state index in [1.54, 1.807) is 6.20 Å². The van der Waals surface area contributed by atoms with Crippen LogP contribution in [-0.4, -0.2) is 54.6 Å². The van der Waals surface area contributed by atoms with Crippen molar-refractivity contribution in [2.75, 3.05) is 39.1 Å². The van der Waals surface area contributed by atoms with Gasteiger partial charge >= 0.3 is 5.97 Å². The van der Waals surface area contributed by atoms with Crippen LogP contribution in [0.3, 0.4) is 0 Å². The molecular formula is C11H18N4O2. The predicted molar refractivity (Wildman–Crippen MR) is 65.0 cm³/mol. The number of carbonyl (C=O) groups is 1. The molecule has 0 saturated carbocycles. The van der Waals surface area contributed by atoms with Crippen LogP contribution in [0.25, 0.3) is 0 Å². The summed E-state index contributed by atoms with van der Waals surface area (Å²) in [5.74, 6) is 0.101. The fourth-order valence-corrected chi connectivity index (χ4v) is 1.19. The Hall–Kier alpha value is -1.69. The topological polar surface area (TPSA) is 67.4 Å². The summed E-state index contributed by atoms with van der Waals surface area (Å²) in [5.41, 5.74) is 0.210. The molecule has 0 fully saturated rings. The zero-order valence-electron chi connectivity index (χ0n) is 10.4. The largest absolute Gasteiger partial charge is 0.464 e. The number of likely N-dealkylation sites (N-methyl/N-ethyl adjacent to an activating group) is 1. The van der Waals surface area contributed by atoms with Gasteiger partial charge in [0.2, 0.25) is 0 Å². The number of methoxy groups -OCH3 is 1. The molecule has 0 aliphatic heterocycles. The predicted octanol–water partition coefficient (Wildman–Crippen LogP) is 0.627. The maximum absolute atomic E-state index is 11.2. The van der Waals surface area contributed by atoms with Gasteiger partial charge in [-0.25, -0.2) is 9.78 Å². The highest BCUT2D eigenvalue weighted by molar-refractivity contribution is 5.87. The van der Waals surface area contributed by atoms with E-state index in [0.29, 0.717) is 5.82 Å². The zero-order chi connectivity index (χ0) is 12.7. The first-order valence-electron chi connectivity index (χ1n) is 5.50. The van der Waals surface area contributed by atoms with E-state index < -0.39 is 5.97 Å². The van der Waals surface area contributed by atoms with Crippen molar-refractivity contribution in [2.24, 2.45) is 0 Å². The number of nitrogens with one attached hydrogen (secondary N) is 1. The van der Waals surface area contributed by atoms with E-state index in [2.05, 4.69) is 31.8 Å². The number of anilines is 1. The fourth-order valence-electron chi connectivity index (χ4n) is 1.19. The van der Waals surface area contributed by atoms with Crippen molar-refractivity contribution in [1.29, 1.82) is 0 Å². The molecule has 94 valence electrons. The summed E-state index contributed by atoms with van der Waals surface area (Å²) in [4.78, 5) is 21.4. The van der Waals surface area contributed by atoms with E-state index in [-0.39, 0.29) is 5.69 Å². The monoisotopic (exact) mass is 238 g/mol. The molecule has 0 unspecified atom stereocenters. The molecule has 1 rings (SSSR count). The van der Waals surface area contributed by atoms with Crippen LogP contribution in [0, 0.1) is 0 Å². The molecule has 0 amide bonds. The normalized spacial score (nSPS) is 10.4. The highest BCUT2D eigenvalue weighted by Crippen LogP contribution is 2.02. The molecule has 0 atom stereocenters. The lowest BCUT2D eigenvalue weighted by molar-refractivity contribution is 0.0593. The number of hydrogen-bond acceptors (Lipinski definition) is 6. The summed E-state index contributed by atoms with van der Waals surface area (Å²) in [5, 5.41) is 3.11. The second kappa shape index (κ2) is 6.80. The quantitative estimate of drug-likeness (QED) is 0.733. The van der Waals surface area contributed by atoms with Gasteiger partial charge < -0.3 is 15.0 Å². The van der Waals surface area contributed by atoms with Crippen molar-refractivity contribution in [2.45, 2.75) is 6.92 Å². The number of esters is 1. The van der Waals surface area contributed by atoms with Gasteiger partial charge in [0.25, 0.3) is 0 Å². The third kappa shape index (κ3) is 4.36. The summed E-state index contributed by atoms with van der Waals surface area (Å²) >= 11 is 0. The maximum Gasteiger partial charge on any atom is 0.358 e. The van der Waals surface area contributed by atoms with E-state index in [0.717, 1.165) is 19.6 Å². The van der Waals surface area contributed by atoms with Crippen LogP contribution in [0.5, 0.6) is 0 Å². The molecular weight excluding hydrogens is 220 g/mol. The second-order valence-corrected chi connectivity index (χ2v) is 3.60. The van der Waals surface area contributed by atoms with Gasteiger partial charge in [0.1, 0.15) is 5.82 Å². The molecule has 1 heterocycles. The van der Waals surface area contributed by atoms with E-state index in [1.807, 2.05) is 7.05 Å². The van der Waals surface area contributed by atoms with Crippen LogP contribution in [0.2, 0.25) is 0 Å². The number of ether oxygens (including phenoxy) is 1. The van der Waals surface area contributed by atoms with Crippen LogP contribution in [0.4, 0.5) is 5.82 Å². The lowest BCUT2D eigenvalue weighted by atomic mass is 10.4.